The molecular weight excluding hydrogens is 562 g/mol. The average Bonchev–Trinajstić information content (AvgIpc) is 3.74. The smallest absolute Gasteiger partial charge is 0.347 e. The van der Waals surface area contributed by atoms with Crippen LogP contribution in [0.5, 0.6) is 0 Å². The second kappa shape index (κ2) is 9.01. The van der Waals surface area contributed by atoms with E-state index in [1.165, 1.54) is 12.1 Å². The molecule has 5 fully saturated rings. The zero-order chi connectivity index (χ0) is 27.0. The second-order valence-electron chi connectivity index (χ2n) is 11.0. The van der Waals surface area contributed by atoms with E-state index >= 15 is 0 Å². The minimum atomic E-state index is -4.64. The Morgan fingerprint density at radius 2 is 1.82 bits per heavy atom. The number of fused-ring (bicyclic) bond motifs is 1. The summed E-state index contributed by atoms with van der Waals surface area (Å²) < 4.78 is 40.5. The van der Waals surface area contributed by atoms with Crippen LogP contribution in [-0.4, -0.2) is 47.9 Å². The molecule has 38 heavy (non-hydrogen) atoms. The van der Waals surface area contributed by atoms with Gasteiger partial charge < -0.3 is 15.5 Å². The number of benzene rings is 2. The van der Waals surface area contributed by atoms with Crippen molar-refractivity contribution in [3.05, 3.63) is 68.2 Å². The van der Waals surface area contributed by atoms with Crippen molar-refractivity contribution in [3.8, 4) is 0 Å². The molecule has 2 saturated carbocycles. The Morgan fingerprint density at radius 3 is 2.39 bits per heavy atom. The van der Waals surface area contributed by atoms with Crippen LogP contribution in [-0.2, 0) is 27.6 Å². The summed E-state index contributed by atoms with van der Waals surface area (Å²) in [5.41, 5.74) is -1.33. The van der Waals surface area contributed by atoms with E-state index in [0.29, 0.717) is 40.3 Å². The molecule has 11 heteroatoms. The van der Waals surface area contributed by atoms with Gasteiger partial charge in [-0.1, -0.05) is 46.9 Å². The van der Waals surface area contributed by atoms with Crippen LogP contribution in [0, 0.1) is 11.8 Å². The fourth-order valence-electron chi connectivity index (χ4n) is 6.61. The number of carbonyl (C=O) groups is 2. The van der Waals surface area contributed by atoms with Gasteiger partial charge in [-0.15, -0.1) is 0 Å². The molecule has 5 nitrogen and oxygen atoms in total. The van der Waals surface area contributed by atoms with Gasteiger partial charge in [-0.2, -0.15) is 13.2 Å². The van der Waals surface area contributed by atoms with E-state index in [-0.39, 0.29) is 23.4 Å². The first-order valence-corrected chi connectivity index (χ1v) is 13.7. The topological polar surface area (TPSA) is 61.4 Å². The lowest BCUT2D eigenvalue weighted by Gasteiger charge is -2.31. The molecule has 2 amide bonds. The van der Waals surface area contributed by atoms with Gasteiger partial charge in [0.25, 0.3) is 0 Å². The van der Waals surface area contributed by atoms with E-state index in [0.717, 1.165) is 32.1 Å². The molecule has 5 unspecified atom stereocenters. The number of nitrogens with one attached hydrogen (secondary N) is 2. The Kier molecular flexibility index (Phi) is 6.22. The van der Waals surface area contributed by atoms with E-state index in [1.54, 1.807) is 18.2 Å². The van der Waals surface area contributed by atoms with Crippen molar-refractivity contribution >= 4 is 46.6 Å². The number of hydrogen-bond donors (Lipinski definition) is 2. The lowest BCUT2D eigenvalue weighted by molar-refractivity contribution is -0.137. The molecular formula is C27H25Cl3F3N3O2. The summed E-state index contributed by atoms with van der Waals surface area (Å²) in [6.07, 6.45) is -2.67. The first kappa shape index (κ1) is 26.2. The summed E-state index contributed by atoms with van der Waals surface area (Å²) >= 11 is 18.2. The van der Waals surface area contributed by atoms with Crippen LogP contribution >= 0.6 is 34.8 Å². The maximum atomic E-state index is 13.7. The van der Waals surface area contributed by atoms with Crippen LogP contribution in [0.2, 0.25) is 15.1 Å². The quantitative estimate of drug-likeness (QED) is 0.466. The second-order valence-corrected chi connectivity index (χ2v) is 12.3. The van der Waals surface area contributed by atoms with Gasteiger partial charge in [-0.3, -0.25) is 9.59 Å². The lowest BCUT2D eigenvalue weighted by atomic mass is 9.93. The number of carbonyl (C=O) groups excluding carboxylic acids is 2. The van der Waals surface area contributed by atoms with Gasteiger partial charge in [-0.25, -0.2) is 0 Å². The first-order valence-electron chi connectivity index (χ1n) is 12.6. The van der Waals surface area contributed by atoms with Crippen LogP contribution < -0.4 is 10.6 Å². The Balaban J connectivity index is 1.27. The van der Waals surface area contributed by atoms with Crippen molar-refractivity contribution in [2.75, 3.05) is 19.6 Å². The average molecular weight is 587 g/mol. The van der Waals surface area contributed by atoms with Gasteiger partial charge >= 0.3 is 6.18 Å². The lowest BCUT2D eigenvalue weighted by Crippen LogP contribution is -2.56. The number of piperidine rings is 3. The third-order valence-electron chi connectivity index (χ3n) is 8.78. The molecule has 0 radical (unpaired) electrons. The van der Waals surface area contributed by atoms with Gasteiger partial charge in [0.1, 0.15) is 6.04 Å². The molecule has 2 aromatic carbocycles. The van der Waals surface area contributed by atoms with Crippen LogP contribution in [0.3, 0.4) is 0 Å². The molecule has 3 aliphatic heterocycles. The molecule has 3 heterocycles. The van der Waals surface area contributed by atoms with Crippen molar-refractivity contribution in [2.45, 2.75) is 48.9 Å². The molecule has 4 bridgehead atoms. The van der Waals surface area contributed by atoms with E-state index < -0.39 is 34.1 Å². The Labute approximate surface area is 233 Å². The van der Waals surface area contributed by atoms with Crippen LogP contribution in [0.25, 0.3) is 0 Å². The summed E-state index contributed by atoms with van der Waals surface area (Å²) in [6.45, 7) is 2.71. The highest BCUT2D eigenvalue weighted by Crippen LogP contribution is 2.60. The van der Waals surface area contributed by atoms with Gasteiger partial charge in [0.15, 0.2) is 0 Å². The molecule has 0 spiro atoms. The van der Waals surface area contributed by atoms with Crippen LogP contribution in [0.15, 0.2) is 36.4 Å². The van der Waals surface area contributed by atoms with Gasteiger partial charge in [-0.05, 0) is 67.1 Å². The monoisotopic (exact) mass is 585 g/mol. The zero-order valence-corrected chi connectivity index (χ0v) is 22.4. The molecule has 202 valence electrons. The van der Waals surface area contributed by atoms with Crippen LogP contribution in [0.1, 0.15) is 36.0 Å². The fraction of sp³-hybridized carbons (Fsp3) is 0.481. The van der Waals surface area contributed by atoms with E-state index in [1.807, 2.05) is 0 Å². The molecule has 2 aromatic rings. The zero-order valence-electron chi connectivity index (χ0n) is 20.2. The highest BCUT2D eigenvalue weighted by molar-refractivity contribution is 6.35. The first-order chi connectivity index (χ1) is 17.9. The van der Waals surface area contributed by atoms with E-state index in [2.05, 4.69) is 15.5 Å². The molecule has 0 aromatic heterocycles. The minimum Gasteiger partial charge on any atom is -0.347 e. The highest BCUT2D eigenvalue weighted by Gasteiger charge is 2.71. The predicted molar refractivity (Wildman–Crippen MR) is 138 cm³/mol. The third-order valence-corrected chi connectivity index (χ3v) is 9.66. The summed E-state index contributed by atoms with van der Waals surface area (Å²) in [6, 6.07) is 7.43. The standard InChI is InChI=1S/C27H25Cl3F3N3O2/c28-15-2-3-17(21(30)11-15)25(6-7-25)24(38)34-22(10-14-1-4-20(29)18(9-14)27(31,32)33)23(37)35-26-13-36-8-5-16(26)19(26)12-36/h1-4,9,11,16,19,22H,5-8,10,12-13H2,(H,34,38)(H,35,37). The Morgan fingerprint density at radius 1 is 1.05 bits per heavy atom. The number of hydrogen-bond acceptors (Lipinski definition) is 3. The van der Waals surface area contributed by atoms with Crippen molar-refractivity contribution < 1.29 is 22.8 Å². The van der Waals surface area contributed by atoms with E-state index in [4.69, 9.17) is 34.8 Å². The summed E-state index contributed by atoms with van der Waals surface area (Å²) in [5, 5.41) is 6.43. The Hall–Kier alpha value is -2.00. The van der Waals surface area contributed by atoms with Gasteiger partial charge in [0, 0.05) is 35.5 Å². The number of halogens is 6. The predicted octanol–water partition coefficient (Wildman–Crippen LogP) is 5.25. The maximum absolute atomic E-state index is 13.7. The third kappa shape index (κ3) is 4.37. The molecule has 5 aliphatic rings. The molecule has 3 saturated heterocycles. The number of alkyl halides is 3. The summed E-state index contributed by atoms with van der Waals surface area (Å²) in [4.78, 5) is 29.6. The largest absolute Gasteiger partial charge is 0.417 e. The van der Waals surface area contributed by atoms with E-state index in [9.17, 15) is 22.8 Å². The summed E-state index contributed by atoms with van der Waals surface area (Å²) in [5.74, 6) is 0.0129. The normalized spacial score (nSPS) is 28.9. The number of nitrogens with zero attached hydrogens (tertiary/aromatic N) is 1. The maximum Gasteiger partial charge on any atom is 0.417 e. The molecule has 2 N–H and O–H groups in total. The molecule has 2 aliphatic carbocycles. The molecule has 5 atom stereocenters. The highest BCUT2D eigenvalue weighted by atomic mass is 35.5. The Bertz CT molecular complexity index is 1330. The van der Waals surface area contributed by atoms with Crippen molar-refractivity contribution in [2.24, 2.45) is 11.8 Å². The van der Waals surface area contributed by atoms with Gasteiger partial charge in [0.05, 0.1) is 21.5 Å². The number of amides is 2. The summed E-state index contributed by atoms with van der Waals surface area (Å²) in [7, 11) is 0. The van der Waals surface area contributed by atoms with Crippen molar-refractivity contribution in [1.82, 2.24) is 15.5 Å². The van der Waals surface area contributed by atoms with Crippen LogP contribution in [0.4, 0.5) is 13.2 Å². The van der Waals surface area contributed by atoms with Gasteiger partial charge in [0.2, 0.25) is 11.8 Å². The van der Waals surface area contributed by atoms with Crippen molar-refractivity contribution in [3.63, 3.8) is 0 Å². The van der Waals surface area contributed by atoms with Crippen molar-refractivity contribution in [1.29, 1.82) is 0 Å². The minimum absolute atomic E-state index is 0.114. The number of rotatable bonds is 7. The molecule has 7 rings (SSSR count). The SMILES string of the molecule is O=C(NC12CN3CCC1C2C3)C(Cc1ccc(Cl)c(C(F)(F)F)c1)NC(=O)C1(c2ccc(Cl)cc2Cl)CC1. The fourth-order valence-corrected chi connectivity index (χ4v) is 7.43.